The lowest BCUT2D eigenvalue weighted by molar-refractivity contribution is 0.183. The molecule has 0 saturated carbocycles. The first-order valence-electron chi connectivity index (χ1n) is 6.26. The fraction of sp³-hybridized carbons (Fsp3) is 0.429. The Labute approximate surface area is 120 Å². The lowest BCUT2D eigenvalue weighted by Crippen LogP contribution is -2.14. The maximum atomic E-state index is 13.9. The highest BCUT2D eigenvalue weighted by Crippen LogP contribution is 2.31. The number of halogens is 2. The average molecular weight is 330 g/mol. The molecule has 0 atom stereocenters. The van der Waals surface area contributed by atoms with Crippen molar-refractivity contribution in [1.29, 1.82) is 0 Å². The predicted octanol–water partition coefficient (Wildman–Crippen LogP) is 3.98. The number of ether oxygens (including phenoxy) is 1. The summed E-state index contributed by atoms with van der Waals surface area (Å²) in [5.74, 6) is 0.380. The van der Waals surface area contributed by atoms with Gasteiger partial charge in [0.05, 0.1) is 13.2 Å². The molecule has 0 amide bonds. The normalized spacial score (nSPS) is 11.4. The van der Waals surface area contributed by atoms with Crippen molar-refractivity contribution in [3.05, 3.63) is 33.7 Å². The van der Waals surface area contributed by atoms with Crippen LogP contribution < -0.4 is 5.32 Å². The van der Waals surface area contributed by atoms with Crippen molar-refractivity contribution in [3.63, 3.8) is 0 Å². The molecule has 0 spiro atoms. The summed E-state index contributed by atoms with van der Waals surface area (Å²) >= 11 is 3.30. The average Bonchev–Trinajstić information content (AvgIpc) is 2.70. The number of fused-ring (bicyclic) bond motifs is 1. The lowest BCUT2D eigenvalue weighted by atomic mass is 10.1. The van der Waals surface area contributed by atoms with Crippen LogP contribution in [0.3, 0.4) is 0 Å². The molecule has 0 aliphatic carbocycles. The van der Waals surface area contributed by atoms with Crippen molar-refractivity contribution in [2.45, 2.75) is 26.5 Å². The summed E-state index contributed by atoms with van der Waals surface area (Å²) in [6.45, 7) is 3.98. The van der Waals surface area contributed by atoms with E-state index in [4.69, 9.17) is 9.15 Å². The van der Waals surface area contributed by atoms with Crippen LogP contribution in [0, 0.1) is 5.82 Å². The van der Waals surface area contributed by atoms with Crippen molar-refractivity contribution < 1.29 is 13.5 Å². The van der Waals surface area contributed by atoms with Gasteiger partial charge in [-0.15, -0.1) is 0 Å². The molecule has 19 heavy (non-hydrogen) atoms. The number of furan rings is 1. The van der Waals surface area contributed by atoms with E-state index in [0.29, 0.717) is 23.2 Å². The zero-order chi connectivity index (χ0) is 13.8. The van der Waals surface area contributed by atoms with E-state index in [9.17, 15) is 4.39 Å². The Morgan fingerprint density at radius 2 is 2.21 bits per heavy atom. The molecule has 0 saturated heterocycles. The molecule has 0 aliphatic heterocycles. The summed E-state index contributed by atoms with van der Waals surface area (Å²) in [5.41, 5.74) is 1.20. The Morgan fingerprint density at radius 3 is 2.89 bits per heavy atom. The molecule has 104 valence electrons. The van der Waals surface area contributed by atoms with E-state index in [0.717, 1.165) is 29.7 Å². The van der Waals surface area contributed by atoms with Gasteiger partial charge < -0.3 is 14.5 Å². The second-order valence-corrected chi connectivity index (χ2v) is 5.29. The fourth-order valence-corrected chi connectivity index (χ4v) is 2.48. The van der Waals surface area contributed by atoms with E-state index in [-0.39, 0.29) is 5.82 Å². The first-order chi connectivity index (χ1) is 9.17. The zero-order valence-corrected chi connectivity index (χ0v) is 12.6. The van der Waals surface area contributed by atoms with Gasteiger partial charge in [0, 0.05) is 22.5 Å². The predicted molar refractivity (Wildman–Crippen MR) is 76.6 cm³/mol. The van der Waals surface area contributed by atoms with E-state index in [1.54, 1.807) is 7.11 Å². The van der Waals surface area contributed by atoms with Crippen LogP contribution in [-0.2, 0) is 17.9 Å². The van der Waals surface area contributed by atoms with Crippen LogP contribution in [0.4, 0.5) is 4.39 Å². The van der Waals surface area contributed by atoms with E-state index < -0.39 is 0 Å². The summed E-state index contributed by atoms with van der Waals surface area (Å²) in [5, 5.41) is 4.03. The number of nitrogens with one attached hydrogen (secondary N) is 1. The molecule has 1 aromatic carbocycles. The number of hydrogen-bond donors (Lipinski definition) is 1. The van der Waals surface area contributed by atoms with Crippen molar-refractivity contribution in [2.24, 2.45) is 0 Å². The molecule has 0 bridgehead atoms. The summed E-state index contributed by atoms with van der Waals surface area (Å²) in [7, 11) is 1.62. The largest absolute Gasteiger partial charge is 0.456 e. The number of benzene rings is 1. The minimum Gasteiger partial charge on any atom is -0.456 e. The van der Waals surface area contributed by atoms with Crippen LogP contribution >= 0.6 is 15.9 Å². The molecule has 2 rings (SSSR count). The Hall–Kier alpha value is -0.910. The molecule has 1 aromatic heterocycles. The maximum absolute atomic E-state index is 13.9. The number of hydrogen-bond acceptors (Lipinski definition) is 3. The first kappa shape index (κ1) is 14.5. The standard InChI is InChI=1S/C14H17BrFNO2/c1-3-4-17-7-13-11(8-18-2)10-5-9(15)6-12(16)14(10)19-13/h5-6,17H,3-4,7-8H2,1-2H3. The smallest absolute Gasteiger partial charge is 0.170 e. The highest BCUT2D eigenvalue weighted by atomic mass is 79.9. The first-order valence-corrected chi connectivity index (χ1v) is 7.05. The molecular formula is C14H17BrFNO2. The molecule has 5 heteroatoms. The summed E-state index contributed by atoms with van der Waals surface area (Å²) in [4.78, 5) is 0. The molecule has 3 nitrogen and oxygen atoms in total. The van der Waals surface area contributed by atoms with Crippen LogP contribution in [0.2, 0.25) is 0 Å². The summed E-state index contributed by atoms with van der Waals surface area (Å²) in [6, 6.07) is 3.27. The van der Waals surface area contributed by atoms with Gasteiger partial charge >= 0.3 is 0 Å². The zero-order valence-electron chi connectivity index (χ0n) is 11.1. The van der Waals surface area contributed by atoms with E-state index >= 15 is 0 Å². The minimum atomic E-state index is -0.358. The number of rotatable bonds is 6. The lowest BCUT2D eigenvalue weighted by Gasteiger charge is -2.03. The van der Waals surface area contributed by atoms with E-state index in [1.807, 2.05) is 6.07 Å². The molecule has 2 aromatic rings. The molecule has 0 fully saturated rings. The van der Waals surface area contributed by atoms with Gasteiger partial charge in [-0.3, -0.25) is 0 Å². The topological polar surface area (TPSA) is 34.4 Å². The van der Waals surface area contributed by atoms with Crippen molar-refractivity contribution >= 4 is 26.9 Å². The second-order valence-electron chi connectivity index (χ2n) is 4.38. The van der Waals surface area contributed by atoms with Crippen molar-refractivity contribution in [3.8, 4) is 0 Å². The SMILES string of the molecule is CCCNCc1oc2c(F)cc(Br)cc2c1COC. The minimum absolute atomic E-state index is 0.295. The van der Waals surface area contributed by atoms with Gasteiger partial charge in [0.15, 0.2) is 11.4 Å². The van der Waals surface area contributed by atoms with Gasteiger partial charge in [0.25, 0.3) is 0 Å². The van der Waals surface area contributed by atoms with Gasteiger partial charge in [-0.05, 0) is 25.1 Å². The third-order valence-electron chi connectivity index (χ3n) is 2.90. The maximum Gasteiger partial charge on any atom is 0.170 e. The number of methoxy groups -OCH3 is 1. The summed E-state index contributed by atoms with van der Waals surface area (Å²) < 4.78 is 25.4. The van der Waals surface area contributed by atoms with Crippen LogP contribution in [0.15, 0.2) is 21.0 Å². The second kappa shape index (κ2) is 6.50. The third-order valence-corrected chi connectivity index (χ3v) is 3.35. The van der Waals surface area contributed by atoms with Crippen LogP contribution in [0.25, 0.3) is 11.0 Å². The molecule has 0 unspecified atom stereocenters. The molecular weight excluding hydrogens is 313 g/mol. The van der Waals surface area contributed by atoms with Gasteiger partial charge in [0.2, 0.25) is 0 Å². The van der Waals surface area contributed by atoms with Gasteiger partial charge in [-0.1, -0.05) is 22.9 Å². The Balaban J connectivity index is 2.44. The van der Waals surface area contributed by atoms with Gasteiger partial charge in [-0.25, -0.2) is 4.39 Å². The third kappa shape index (κ3) is 3.16. The molecule has 0 aliphatic rings. The highest BCUT2D eigenvalue weighted by molar-refractivity contribution is 9.10. The van der Waals surface area contributed by atoms with E-state index in [1.165, 1.54) is 6.07 Å². The van der Waals surface area contributed by atoms with Gasteiger partial charge in [0.1, 0.15) is 5.76 Å². The highest BCUT2D eigenvalue weighted by Gasteiger charge is 2.17. The van der Waals surface area contributed by atoms with Gasteiger partial charge in [-0.2, -0.15) is 0 Å². The Bertz CT molecular complexity index is 568. The fourth-order valence-electron chi connectivity index (χ4n) is 2.05. The molecule has 1 heterocycles. The molecule has 0 radical (unpaired) electrons. The van der Waals surface area contributed by atoms with E-state index in [2.05, 4.69) is 28.2 Å². The van der Waals surface area contributed by atoms with Crippen LogP contribution in [-0.4, -0.2) is 13.7 Å². The summed E-state index contributed by atoms with van der Waals surface area (Å²) in [6.07, 6.45) is 1.04. The molecule has 1 N–H and O–H groups in total. The van der Waals surface area contributed by atoms with Crippen molar-refractivity contribution in [1.82, 2.24) is 5.32 Å². The van der Waals surface area contributed by atoms with Crippen LogP contribution in [0.5, 0.6) is 0 Å². The Morgan fingerprint density at radius 1 is 1.42 bits per heavy atom. The Kier molecular flexibility index (Phi) is 4.96. The van der Waals surface area contributed by atoms with Crippen LogP contribution in [0.1, 0.15) is 24.7 Å². The quantitative estimate of drug-likeness (QED) is 0.814. The van der Waals surface area contributed by atoms with Crippen molar-refractivity contribution in [2.75, 3.05) is 13.7 Å². The monoisotopic (exact) mass is 329 g/mol.